The third kappa shape index (κ3) is 16.8. The largest absolute Gasteiger partial charge is 1.00 e. The number of carbonyl (C=O) groups excluding carboxylic acids is 1. The maximum Gasteiger partial charge on any atom is 1.00 e. The monoisotopic (exact) mass is 345 g/mol. The second-order valence-corrected chi connectivity index (χ2v) is 5.21. The summed E-state index contributed by atoms with van der Waals surface area (Å²) < 4.78 is 69.3. The van der Waals surface area contributed by atoms with E-state index in [1.54, 1.807) is 20.8 Å². The van der Waals surface area contributed by atoms with Gasteiger partial charge >= 0.3 is 71.1 Å². The van der Waals surface area contributed by atoms with Gasteiger partial charge in [0.05, 0.1) is 6.61 Å². The molecule has 0 saturated carbocycles. The molecule has 0 fully saturated rings. The summed E-state index contributed by atoms with van der Waals surface area (Å²) in [5.41, 5.74) is -0.864. The van der Waals surface area contributed by atoms with Gasteiger partial charge in [-0.25, -0.2) is 4.79 Å². The van der Waals surface area contributed by atoms with Gasteiger partial charge in [-0.3, -0.25) is 0 Å². The van der Waals surface area contributed by atoms with Crippen LogP contribution < -0.4 is 56.7 Å². The Morgan fingerprint density at radius 1 is 1.24 bits per heavy atom. The number of nitrogens with one attached hydrogen (secondary N) is 1. The Kier molecular flexibility index (Phi) is 11.8. The molecule has 0 aliphatic rings. The number of hydrogen-bond acceptors (Lipinski definition) is 3. The summed E-state index contributed by atoms with van der Waals surface area (Å²) in [6.45, 7) is -4.17. The molecule has 0 aliphatic carbocycles. The molecule has 0 aromatic carbocycles. The fraction of sp³-hybridized carbons (Fsp3) is 0.900. The molecule has 0 radical (unpaired) electrons. The first-order valence-corrected chi connectivity index (χ1v) is 5.99. The third-order valence-electron chi connectivity index (χ3n) is 1.98. The minimum Gasteiger partial charge on any atom is -0.449 e. The van der Waals surface area contributed by atoms with Gasteiger partial charge in [0, 0.05) is 6.04 Å². The molecule has 21 heavy (non-hydrogen) atoms. The summed E-state index contributed by atoms with van der Waals surface area (Å²) in [6.07, 6.45) is -2.70. The Labute approximate surface area is 163 Å². The normalized spacial score (nSPS) is 13.6. The quantitative estimate of drug-likeness (QED) is 0.536. The van der Waals surface area contributed by atoms with Crippen molar-refractivity contribution in [1.82, 2.24) is 5.32 Å². The Morgan fingerprint density at radius 2 is 1.76 bits per heavy atom. The van der Waals surface area contributed by atoms with E-state index in [4.69, 9.17) is 4.74 Å². The van der Waals surface area contributed by atoms with Crippen molar-refractivity contribution in [2.75, 3.05) is 6.61 Å². The van der Waals surface area contributed by atoms with E-state index < -0.39 is 44.3 Å². The molecule has 0 spiro atoms. The average Bonchev–Trinajstić information content (AvgIpc) is 2.09. The molecule has 120 valence electrons. The van der Waals surface area contributed by atoms with Gasteiger partial charge in [-0.15, -0.1) is 0 Å². The standard InChI is InChI=1S/C10H18BF5NO3.K/c1-10(2,3)20-9(18)17-7(6-11(14,15)16)4-5-19-8(12)13;/h7-8H,4-6H2,1-3H3,(H,17,18);/q-1;+1/t7-;/m0./s1. The molecule has 0 aromatic rings. The fourth-order valence-electron chi connectivity index (χ4n) is 1.35. The van der Waals surface area contributed by atoms with Crippen LogP contribution in [0.3, 0.4) is 0 Å². The second-order valence-electron chi connectivity index (χ2n) is 5.21. The molecular formula is C10H18BF5KNO3. The summed E-state index contributed by atoms with van der Waals surface area (Å²) in [5, 5.41) is 2.01. The smallest absolute Gasteiger partial charge is 0.449 e. The zero-order valence-corrected chi connectivity index (χ0v) is 15.6. The van der Waals surface area contributed by atoms with E-state index in [1.165, 1.54) is 0 Å². The number of alkyl halides is 2. The number of alkyl carbamates (subject to hydrolysis) is 1. The van der Waals surface area contributed by atoms with E-state index in [2.05, 4.69) is 4.74 Å². The van der Waals surface area contributed by atoms with Crippen LogP contribution in [0, 0.1) is 0 Å². The number of carbonyl (C=O) groups is 1. The van der Waals surface area contributed by atoms with Gasteiger partial charge in [0.2, 0.25) is 0 Å². The Morgan fingerprint density at radius 3 is 2.14 bits per heavy atom. The van der Waals surface area contributed by atoms with Crippen LogP contribution in [-0.2, 0) is 9.47 Å². The van der Waals surface area contributed by atoms with Gasteiger partial charge in [-0.1, -0.05) is 6.32 Å². The Balaban J connectivity index is 0. The predicted octanol–water partition coefficient (Wildman–Crippen LogP) is 0.360. The van der Waals surface area contributed by atoms with Crippen molar-refractivity contribution < 1.29 is 87.4 Å². The minimum atomic E-state index is -5.17. The van der Waals surface area contributed by atoms with Crippen molar-refractivity contribution in [3.63, 3.8) is 0 Å². The topological polar surface area (TPSA) is 47.6 Å². The van der Waals surface area contributed by atoms with E-state index in [0.29, 0.717) is 0 Å². The van der Waals surface area contributed by atoms with Crippen molar-refractivity contribution in [1.29, 1.82) is 0 Å². The van der Waals surface area contributed by atoms with Crippen molar-refractivity contribution in [3.05, 3.63) is 0 Å². The molecule has 0 bridgehead atoms. The molecule has 0 saturated heterocycles. The Hall–Kier alpha value is 0.581. The number of rotatable bonds is 7. The number of hydrogen-bond donors (Lipinski definition) is 1. The molecular weight excluding hydrogens is 327 g/mol. The van der Waals surface area contributed by atoms with Gasteiger partial charge in [0.1, 0.15) is 5.60 Å². The molecule has 4 nitrogen and oxygen atoms in total. The minimum absolute atomic E-state index is 0. The summed E-state index contributed by atoms with van der Waals surface area (Å²) in [7, 11) is 0. The maximum atomic E-state index is 12.4. The first kappa shape index (κ1) is 23.8. The van der Waals surface area contributed by atoms with E-state index >= 15 is 0 Å². The molecule has 0 unspecified atom stereocenters. The van der Waals surface area contributed by atoms with Crippen LogP contribution in [-0.4, -0.2) is 37.9 Å². The van der Waals surface area contributed by atoms with Gasteiger partial charge in [-0.2, -0.15) is 8.78 Å². The molecule has 0 aliphatic heterocycles. The number of halogens is 5. The molecule has 0 aromatic heterocycles. The molecule has 0 rings (SSSR count). The summed E-state index contributed by atoms with van der Waals surface area (Å²) >= 11 is 0. The summed E-state index contributed by atoms with van der Waals surface area (Å²) in [4.78, 5) is 11.4. The summed E-state index contributed by atoms with van der Waals surface area (Å²) in [6, 6.07) is -1.36. The third-order valence-corrected chi connectivity index (χ3v) is 1.98. The second kappa shape index (κ2) is 10.4. The van der Waals surface area contributed by atoms with E-state index in [9.17, 15) is 26.5 Å². The first-order chi connectivity index (χ1) is 8.89. The number of amides is 1. The maximum absolute atomic E-state index is 12.4. The van der Waals surface area contributed by atoms with E-state index in [0.717, 1.165) is 0 Å². The summed E-state index contributed by atoms with van der Waals surface area (Å²) in [5.74, 6) is 0. The zero-order valence-electron chi connectivity index (χ0n) is 12.5. The van der Waals surface area contributed by atoms with Crippen LogP contribution in [0.2, 0.25) is 6.32 Å². The molecule has 1 amide bonds. The van der Waals surface area contributed by atoms with Crippen molar-refractivity contribution in [2.45, 2.75) is 51.8 Å². The van der Waals surface area contributed by atoms with Gasteiger partial charge in [0.15, 0.2) is 0 Å². The van der Waals surface area contributed by atoms with E-state index in [-0.39, 0.29) is 57.8 Å². The van der Waals surface area contributed by atoms with Crippen LogP contribution in [0.25, 0.3) is 0 Å². The Bertz CT molecular complexity index is 312. The van der Waals surface area contributed by atoms with Gasteiger partial charge in [0.25, 0.3) is 0 Å². The zero-order chi connectivity index (χ0) is 16.0. The van der Waals surface area contributed by atoms with E-state index in [1.807, 2.05) is 5.32 Å². The average molecular weight is 345 g/mol. The SMILES string of the molecule is CC(C)(C)OC(=O)N[C@@H](CCOC(F)F)C[B-](F)(F)F.[K+]. The van der Waals surface area contributed by atoms with Crippen LogP contribution in [0.1, 0.15) is 27.2 Å². The van der Waals surface area contributed by atoms with Crippen LogP contribution in [0.4, 0.5) is 26.5 Å². The molecule has 11 heteroatoms. The van der Waals surface area contributed by atoms with Crippen LogP contribution >= 0.6 is 0 Å². The molecule has 0 heterocycles. The van der Waals surface area contributed by atoms with Gasteiger partial charge < -0.3 is 27.7 Å². The van der Waals surface area contributed by atoms with Gasteiger partial charge in [-0.05, 0) is 27.2 Å². The van der Waals surface area contributed by atoms with Crippen molar-refractivity contribution >= 4 is 13.1 Å². The fourth-order valence-corrected chi connectivity index (χ4v) is 1.35. The van der Waals surface area contributed by atoms with Crippen molar-refractivity contribution in [2.24, 2.45) is 0 Å². The van der Waals surface area contributed by atoms with Crippen LogP contribution in [0.5, 0.6) is 0 Å². The predicted molar refractivity (Wildman–Crippen MR) is 63.6 cm³/mol. The number of ether oxygens (including phenoxy) is 2. The molecule has 1 N–H and O–H groups in total. The van der Waals surface area contributed by atoms with Crippen molar-refractivity contribution in [3.8, 4) is 0 Å². The van der Waals surface area contributed by atoms with Crippen LogP contribution in [0.15, 0.2) is 0 Å². The molecule has 1 atom stereocenters. The first-order valence-electron chi connectivity index (χ1n) is 5.99.